The molecule has 8 nitrogen and oxygen atoms in total. The van der Waals surface area contributed by atoms with Crippen LogP contribution in [0.5, 0.6) is 11.5 Å². The van der Waals surface area contributed by atoms with Crippen molar-refractivity contribution in [3.05, 3.63) is 86.9 Å². The number of benzene rings is 3. The fourth-order valence-corrected chi connectivity index (χ4v) is 3.50. The minimum absolute atomic E-state index is 0.198. The first-order valence-electron chi connectivity index (χ1n) is 8.88. The second-order valence-electron chi connectivity index (χ2n) is 6.75. The maximum atomic E-state index is 12.8. The minimum atomic E-state index is -3.78. The number of rotatable bonds is 6. The molecule has 160 valence electrons. The molecule has 0 fully saturated rings. The van der Waals surface area contributed by atoms with E-state index in [1.54, 1.807) is 24.3 Å². The predicted octanol–water partition coefficient (Wildman–Crippen LogP) is 5.00. The molecule has 3 aromatic carbocycles. The Hall–Kier alpha value is -3.43. The van der Waals surface area contributed by atoms with Crippen LogP contribution in [-0.4, -0.2) is 25.5 Å². The van der Waals surface area contributed by atoms with Crippen LogP contribution < -0.4 is 10.1 Å². The number of halogens is 1. The fraction of sp³-hybridized carbons (Fsp3) is 0.0952. The van der Waals surface area contributed by atoms with Crippen LogP contribution in [-0.2, 0) is 9.84 Å². The highest BCUT2D eigenvalue weighted by Gasteiger charge is 2.20. The van der Waals surface area contributed by atoms with Crippen LogP contribution in [0.2, 0.25) is 5.02 Å². The Bertz CT molecular complexity index is 1270. The van der Waals surface area contributed by atoms with E-state index >= 15 is 0 Å². The molecule has 0 atom stereocenters. The number of nitrogens with zero attached hydrogens (tertiary/aromatic N) is 1. The van der Waals surface area contributed by atoms with Crippen molar-refractivity contribution in [3.63, 3.8) is 0 Å². The Labute approximate surface area is 183 Å². The summed E-state index contributed by atoms with van der Waals surface area (Å²) in [6, 6.07) is 14.8. The van der Waals surface area contributed by atoms with Crippen LogP contribution >= 0.6 is 11.6 Å². The summed E-state index contributed by atoms with van der Waals surface area (Å²) in [5.41, 5.74) is 0.543. The maximum Gasteiger partial charge on any atom is 0.271 e. The second kappa shape index (κ2) is 8.75. The molecule has 31 heavy (non-hydrogen) atoms. The molecule has 3 rings (SSSR count). The van der Waals surface area contributed by atoms with Gasteiger partial charge in [0.15, 0.2) is 15.6 Å². The number of carbonyl (C=O) groups excluding carboxylic acids is 1. The van der Waals surface area contributed by atoms with Gasteiger partial charge in [0.1, 0.15) is 5.75 Å². The first-order chi connectivity index (χ1) is 14.5. The lowest BCUT2D eigenvalue weighted by Crippen LogP contribution is -2.14. The SMILES string of the molecule is Cc1ccc(Oc2ccc(Cl)cc2NC(=O)c2cc([N+](=O)[O-])cc(S(C)(=O)=O)c2)cc1. The summed E-state index contributed by atoms with van der Waals surface area (Å²) in [6.07, 6.45) is 0.901. The zero-order chi connectivity index (χ0) is 22.8. The largest absolute Gasteiger partial charge is 0.455 e. The van der Waals surface area contributed by atoms with Gasteiger partial charge in [-0.15, -0.1) is 0 Å². The topological polar surface area (TPSA) is 116 Å². The molecule has 0 saturated heterocycles. The Kier molecular flexibility index (Phi) is 6.28. The molecule has 0 bridgehead atoms. The average Bonchev–Trinajstić information content (AvgIpc) is 2.70. The van der Waals surface area contributed by atoms with Crippen molar-refractivity contribution in [2.24, 2.45) is 0 Å². The van der Waals surface area contributed by atoms with Crippen molar-refractivity contribution in [2.45, 2.75) is 11.8 Å². The van der Waals surface area contributed by atoms with Gasteiger partial charge in [-0.1, -0.05) is 29.3 Å². The van der Waals surface area contributed by atoms with Crippen molar-refractivity contribution in [2.75, 3.05) is 11.6 Å². The number of ether oxygens (including phenoxy) is 1. The standard InChI is InChI=1S/C21H17ClN2O6S/c1-13-3-6-17(7-4-13)30-20-8-5-15(22)11-19(20)23-21(25)14-9-16(24(26)27)12-18(10-14)31(2,28)29/h3-12H,1-2H3,(H,23,25). The Morgan fingerprint density at radius 1 is 1.06 bits per heavy atom. The van der Waals surface area contributed by atoms with E-state index in [9.17, 15) is 23.3 Å². The third kappa shape index (κ3) is 5.59. The van der Waals surface area contributed by atoms with Crippen LogP contribution in [0.1, 0.15) is 15.9 Å². The summed E-state index contributed by atoms with van der Waals surface area (Å²) in [6.45, 7) is 1.93. The number of nitro benzene ring substituents is 1. The molecule has 0 radical (unpaired) electrons. The molecule has 0 spiro atoms. The van der Waals surface area contributed by atoms with Crippen molar-refractivity contribution < 1.29 is 22.9 Å². The highest BCUT2D eigenvalue weighted by atomic mass is 35.5. The molecule has 0 aliphatic rings. The van der Waals surface area contributed by atoms with E-state index in [4.69, 9.17) is 16.3 Å². The molecule has 3 aromatic rings. The number of sulfone groups is 1. The van der Waals surface area contributed by atoms with Gasteiger partial charge in [0.05, 0.1) is 15.5 Å². The molecule has 0 saturated carbocycles. The van der Waals surface area contributed by atoms with E-state index in [1.807, 2.05) is 19.1 Å². The lowest BCUT2D eigenvalue weighted by Gasteiger charge is -2.13. The van der Waals surface area contributed by atoms with Gasteiger partial charge in [0.25, 0.3) is 11.6 Å². The summed E-state index contributed by atoms with van der Waals surface area (Å²) in [5, 5.41) is 14.1. The number of non-ortho nitro benzene ring substituents is 1. The first kappa shape index (κ1) is 22.3. The van der Waals surface area contributed by atoms with E-state index in [1.165, 1.54) is 6.07 Å². The lowest BCUT2D eigenvalue weighted by molar-refractivity contribution is -0.385. The molecular formula is C21H17ClN2O6S. The fourth-order valence-electron chi connectivity index (χ4n) is 2.65. The Morgan fingerprint density at radius 2 is 1.74 bits per heavy atom. The van der Waals surface area contributed by atoms with Gasteiger partial charge < -0.3 is 10.1 Å². The zero-order valence-electron chi connectivity index (χ0n) is 16.5. The van der Waals surface area contributed by atoms with Crippen LogP contribution in [0.3, 0.4) is 0 Å². The third-order valence-electron chi connectivity index (χ3n) is 4.23. The van der Waals surface area contributed by atoms with Crippen molar-refractivity contribution >= 4 is 38.7 Å². The smallest absolute Gasteiger partial charge is 0.271 e. The summed E-state index contributed by atoms with van der Waals surface area (Å²) >= 11 is 6.05. The van der Waals surface area contributed by atoms with Gasteiger partial charge in [-0.3, -0.25) is 14.9 Å². The lowest BCUT2D eigenvalue weighted by atomic mass is 10.1. The average molecular weight is 461 g/mol. The van der Waals surface area contributed by atoms with Crippen molar-refractivity contribution in [1.82, 2.24) is 0 Å². The molecule has 1 N–H and O–H groups in total. The third-order valence-corrected chi connectivity index (χ3v) is 5.56. The van der Waals surface area contributed by atoms with Crippen LogP contribution in [0.25, 0.3) is 0 Å². The van der Waals surface area contributed by atoms with Crippen LogP contribution in [0, 0.1) is 17.0 Å². The highest BCUT2D eigenvalue weighted by molar-refractivity contribution is 7.90. The number of nitro groups is 1. The second-order valence-corrected chi connectivity index (χ2v) is 9.21. The minimum Gasteiger partial charge on any atom is -0.455 e. The molecule has 1 amide bonds. The summed E-state index contributed by atoms with van der Waals surface area (Å²) in [5.74, 6) is 0.0538. The van der Waals surface area contributed by atoms with E-state index in [-0.39, 0.29) is 21.9 Å². The number of carbonyl (C=O) groups is 1. The number of amides is 1. The number of hydrogen-bond donors (Lipinski definition) is 1. The Morgan fingerprint density at radius 3 is 2.35 bits per heavy atom. The van der Waals surface area contributed by atoms with Gasteiger partial charge in [-0.25, -0.2) is 8.42 Å². The molecule has 0 unspecified atom stereocenters. The van der Waals surface area contributed by atoms with Gasteiger partial charge in [-0.2, -0.15) is 0 Å². The van der Waals surface area contributed by atoms with Gasteiger partial charge >= 0.3 is 0 Å². The number of anilines is 1. The van der Waals surface area contributed by atoms with Crippen LogP contribution in [0.15, 0.2) is 65.6 Å². The molecule has 0 heterocycles. The maximum absolute atomic E-state index is 12.8. The normalized spacial score (nSPS) is 11.1. The molecule has 0 aromatic heterocycles. The summed E-state index contributed by atoms with van der Waals surface area (Å²) in [7, 11) is -3.78. The summed E-state index contributed by atoms with van der Waals surface area (Å²) < 4.78 is 29.6. The first-order valence-corrected chi connectivity index (χ1v) is 11.1. The predicted molar refractivity (Wildman–Crippen MR) is 117 cm³/mol. The molecule has 0 aliphatic carbocycles. The van der Waals surface area contributed by atoms with E-state index in [0.29, 0.717) is 10.8 Å². The van der Waals surface area contributed by atoms with Crippen LogP contribution in [0.4, 0.5) is 11.4 Å². The van der Waals surface area contributed by atoms with Gasteiger partial charge in [0, 0.05) is 29.0 Å². The quantitative estimate of drug-likeness (QED) is 0.408. The van der Waals surface area contributed by atoms with E-state index in [0.717, 1.165) is 30.0 Å². The van der Waals surface area contributed by atoms with E-state index < -0.39 is 26.4 Å². The van der Waals surface area contributed by atoms with Crippen molar-refractivity contribution in [3.8, 4) is 11.5 Å². The number of nitrogens with one attached hydrogen (secondary N) is 1. The van der Waals surface area contributed by atoms with Gasteiger partial charge in [0.2, 0.25) is 0 Å². The summed E-state index contributed by atoms with van der Waals surface area (Å²) in [4.78, 5) is 22.9. The molecule has 10 heteroatoms. The van der Waals surface area contributed by atoms with E-state index in [2.05, 4.69) is 5.32 Å². The number of hydrogen-bond acceptors (Lipinski definition) is 6. The molecular weight excluding hydrogens is 444 g/mol. The Balaban J connectivity index is 1.96. The van der Waals surface area contributed by atoms with Crippen molar-refractivity contribution in [1.29, 1.82) is 0 Å². The van der Waals surface area contributed by atoms with Gasteiger partial charge in [-0.05, 0) is 43.3 Å². The highest BCUT2D eigenvalue weighted by Crippen LogP contribution is 2.33. The monoisotopic (exact) mass is 460 g/mol. The zero-order valence-corrected chi connectivity index (χ0v) is 18.0. The molecule has 0 aliphatic heterocycles. The number of aryl methyl sites for hydroxylation is 1.